The molecule has 27 heavy (non-hydrogen) atoms. The van der Waals surface area contributed by atoms with Gasteiger partial charge in [-0.15, -0.1) is 0 Å². The lowest BCUT2D eigenvalue weighted by Gasteiger charge is -2.16. The molecule has 0 bridgehead atoms. The highest BCUT2D eigenvalue weighted by Crippen LogP contribution is 2.24. The molecule has 2 aromatic carbocycles. The van der Waals surface area contributed by atoms with Crippen LogP contribution in [-0.2, 0) is 16.0 Å². The van der Waals surface area contributed by atoms with Crippen LogP contribution in [0.25, 0.3) is 0 Å². The number of methoxy groups -OCH3 is 1. The number of hydrogen-bond donors (Lipinski definition) is 3. The fourth-order valence-electron chi connectivity index (χ4n) is 2.87. The van der Waals surface area contributed by atoms with Crippen LogP contribution < -0.4 is 20.3 Å². The Labute approximate surface area is 160 Å². The van der Waals surface area contributed by atoms with Crippen LogP contribution >= 0.6 is 0 Å². The summed E-state index contributed by atoms with van der Waals surface area (Å²) in [6.07, 6.45) is 0.847. The monoisotopic (exact) mass is 370 g/mol. The summed E-state index contributed by atoms with van der Waals surface area (Å²) in [6, 6.07) is 13.3. The van der Waals surface area contributed by atoms with Gasteiger partial charge in [-0.05, 0) is 42.7 Å². The number of ether oxygens (including phenoxy) is 1. The van der Waals surface area contributed by atoms with Crippen LogP contribution in [-0.4, -0.2) is 39.1 Å². The van der Waals surface area contributed by atoms with E-state index in [-0.39, 0.29) is 24.9 Å². The maximum absolute atomic E-state index is 12.3. The maximum Gasteiger partial charge on any atom is 0.279 e. The minimum absolute atomic E-state index is 0.116. The minimum atomic E-state index is -0.168. The van der Waals surface area contributed by atoms with E-state index >= 15 is 0 Å². The van der Waals surface area contributed by atoms with Crippen molar-refractivity contribution in [3.63, 3.8) is 0 Å². The van der Waals surface area contributed by atoms with Crippen LogP contribution in [0, 0.1) is 6.92 Å². The summed E-state index contributed by atoms with van der Waals surface area (Å²) in [5.74, 6) is 0.327. The average Bonchev–Trinajstić information content (AvgIpc) is 2.62. The zero-order valence-corrected chi connectivity index (χ0v) is 16.4. The standard InChI is InChI=1S/C21H27N3O3/c1-5-16-8-6-7-9-17(16)22-20(25)13-24(3)14-21(26)23-18-12-15(2)10-11-19(18)27-4/h6-12H,5,13-14H2,1-4H3,(H,22,25)(H,23,26)/p+1. The molecular weight excluding hydrogens is 342 g/mol. The highest BCUT2D eigenvalue weighted by Gasteiger charge is 2.16. The number of carbonyl (C=O) groups excluding carboxylic acids is 2. The van der Waals surface area contributed by atoms with Gasteiger partial charge < -0.3 is 20.3 Å². The first-order valence-corrected chi connectivity index (χ1v) is 9.06. The number of amides is 2. The lowest BCUT2D eigenvalue weighted by molar-refractivity contribution is -0.862. The molecule has 2 amide bonds. The lowest BCUT2D eigenvalue weighted by Crippen LogP contribution is -3.11. The van der Waals surface area contributed by atoms with Crippen molar-refractivity contribution in [2.24, 2.45) is 0 Å². The number of anilines is 2. The first-order valence-electron chi connectivity index (χ1n) is 9.06. The van der Waals surface area contributed by atoms with Crippen LogP contribution in [0.2, 0.25) is 0 Å². The van der Waals surface area contributed by atoms with Gasteiger partial charge in [-0.25, -0.2) is 0 Å². The van der Waals surface area contributed by atoms with Crippen LogP contribution in [0.5, 0.6) is 5.75 Å². The van der Waals surface area contributed by atoms with Gasteiger partial charge in [0.05, 0.1) is 19.8 Å². The smallest absolute Gasteiger partial charge is 0.279 e. The van der Waals surface area contributed by atoms with Crippen LogP contribution in [0.3, 0.4) is 0 Å². The number of rotatable bonds is 8. The third-order valence-corrected chi connectivity index (χ3v) is 4.23. The van der Waals surface area contributed by atoms with Crippen molar-refractivity contribution in [2.45, 2.75) is 20.3 Å². The summed E-state index contributed by atoms with van der Waals surface area (Å²) in [5.41, 5.74) is 3.58. The molecule has 0 spiro atoms. The van der Waals surface area contributed by atoms with Gasteiger partial charge in [0, 0.05) is 5.69 Å². The lowest BCUT2D eigenvalue weighted by atomic mass is 10.1. The Morgan fingerprint density at radius 3 is 2.26 bits per heavy atom. The molecule has 2 rings (SSSR count). The van der Waals surface area contributed by atoms with Gasteiger partial charge >= 0.3 is 0 Å². The van der Waals surface area contributed by atoms with Gasteiger partial charge in [0.1, 0.15) is 5.75 Å². The van der Waals surface area contributed by atoms with Gasteiger partial charge in [0.15, 0.2) is 13.1 Å². The summed E-state index contributed by atoms with van der Waals surface area (Å²) in [5, 5.41) is 5.79. The fourth-order valence-corrected chi connectivity index (χ4v) is 2.87. The van der Waals surface area contributed by atoms with E-state index in [1.807, 2.05) is 63.4 Å². The Hall–Kier alpha value is -2.86. The molecule has 0 saturated carbocycles. The number of carbonyl (C=O) groups is 2. The van der Waals surface area contributed by atoms with E-state index in [9.17, 15) is 9.59 Å². The van der Waals surface area contributed by atoms with E-state index in [2.05, 4.69) is 10.6 Å². The molecule has 0 aliphatic carbocycles. The molecular formula is C21H28N3O3+. The van der Waals surface area contributed by atoms with Crippen molar-refractivity contribution in [2.75, 3.05) is 37.9 Å². The van der Waals surface area contributed by atoms with E-state index in [4.69, 9.17) is 4.74 Å². The summed E-state index contributed by atoms with van der Waals surface area (Å²) in [4.78, 5) is 25.4. The Morgan fingerprint density at radius 1 is 1.00 bits per heavy atom. The second-order valence-corrected chi connectivity index (χ2v) is 6.62. The molecule has 1 atom stereocenters. The van der Waals surface area contributed by atoms with Crippen molar-refractivity contribution < 1.29 is 19.2 Å². The average molecular weight is 370 g/mol. The summed E-state index contributed by atoms with van der Waals surface area (Å²) in [6.45, 7) is 4.38. The molecule has 0 radical (unpaired) electrons. The summed E-state index contributed by atoms with van der Waals surface area (Å²) >= 11 is 0. The van der Waals surface area contributed by atoms with Crippen molar-refractivity contribution in [1.29, 1.82) is 0 Å². The maximum atomic E-state index is 12.3. The number of likely N-dealkylation sites (N-methyl/N-ethyl adjacent to an activating group) is 1. The van der Waals surface area contributed by atoms with E-state index in [1.165, 1.54) is 0 Å². The van der Waals surface area contributed by atoms with E-state index in [1.54, 1.807) is 7.11 Å². The highest BCUT2D eigenvalue weighted by molar-refractivity contribution is 5.94. The molecule has 0 heterocycles. The highest BCUT2D eigenvalue weighted by atomic mass is 16.5. The van der Waals surface area contributed by atoms with Crippen molar-refractivity contribution in [3.05, 3.63) is 53.6 Å². The number of nitrogens with one attached hydrogen (secondary N) is 3. The SMILES string of the molecule is CCc1ccccc1NC(=O)C[NH+](C)CC(=O)Nc1cc(C)ccc1OC. The minimum Gasteiger partial charge on any atom is -0.495 e. The van der Waals surface area contributed by atoms with Gasteiger partial charge in [0.25, 0.3) is 11.8 Å². The van der Waals surface area contributed by atoms with Gasteiger partial charge in [-0.2, -0.15) is 0 Å². The quantitative estimate of drug-likeness (QED) is 0.662. The fraction of sp³-hybridized carbons (Fsp3) is 0.333. The molecule has 3 N–H and O–H groups in total. The molecule has 0 aromatic heterocycles. The van der Waals surface area contributed by atoms with Crippen LogP contribution in [0.1, 0.15) is 18.1 Å². The topological polar surface area (TPSA) is 71.9 Å². The number of hydrogen-bond acceptors (Lipinski definition) is 3. The summed E-state index contributed by atoms with van der Waals surface area (Å²) < 4.78 is 5.27. The Kier molecular flexibility index (Phi) is 7.37. The molecule has 0 fully saturated rings. The van der Waals surface area contributed by atoms with Crippen molar-refractivity contribution in [1.82, 2.24) is 0 Å². The third kappa shape index (κ3) is 6.11. The Bertz CT molecular complexity index is 805. The van der Waals surface area contributed by atoms with E-state index in [0.29, 0.717) is 11.4 Å². The van der Waals surface area contributed by atoms with Gasteiger partial charge in [0.2, 0.25) is 0 Å². The second kappa shape index (κ2) is 9.73. The first kappa shape index (κ1) is 20.5. The predicted molar refractivity (Wildman–Crippen MR) is 107 cm³/mol. The Morgan fingerprint density at radius 2 is 1.63 bits per heavy atom. The molecule has 6 heteroatoms. The molecule has 2 aromatic rings. The number of benzene rings is 2. The van der Waals surface area contributed by atoms with Crippen LogP contribution in [0.15, 0.2) is 42.5 Å². The molecule has 144 valence electrons. The summed E-state index contributed by atoms with van der Waals surface area (Å²) in [7, 11) is 3.38. The zero-order valence-electron chi connectivity index (χ0n) is 16.4. The van der Waals surface area contributed by atoms with Gasteiger partial charge in [-0.1, -0.05) is 31.2 Å². The largest absolute Gasteiger partial charge is 0.495 e. The van der Waals surface area contributed by atoms with E-state index < -0.39 is 0 Å². The second-order valence-electron chi connectivity index (χ2n) is 6.62. The Balaban J connectivity index is 1.89. The molecule has 0 saturated heterocycles. The van der Waals surface area contributed by atoms with Gasteiger partial charge in [-0.3, -0.25) is 9.59 Å². The van der Waals surface area contributed by atoms with Crippen LogP contribution in [0.4, 0.5) is 11.4 Å². The zero-order chi connectivity index (χ0) is 19.8. The number of quaternary nitrogens is 1. The molecule has 0 aliphatic rings. The first-order chi connectivity index (χ1) is 12.9. The molecule has 6 nitrogen and oxygen atoms in total. The van der Waals surface area contributed by atoms with Crippen molar-refractivity contribution in [3.8, 4) is 5.75 Å². The predicted octanol–water partition coefficient (Wildman–Crippen LogP) is 1.66. The third-order valence-electron chi connectivity index (χ3n) is 4.23. The van der Waals surface area contributed by atoms with E-state index in [0.717, 1.165) is 28.1 Å². The van der Waals surface area contributed by atoms with Crippen molar-refractivity contribution >= 4 is 23.2 Å². The molecule has 1 unspecified atom stereocenters. The normalized spacial score (nSPS) is 11.6. The number of aryl methyl sites for hydroxylation is 2. The number of para-hydroxylation sites is 1. The molecule has 0 aliphatic heterocycles.